The van der Waals surface area contributed by atoms with Crippen molar-refractivity contribution in [3.63, 3.8) is 0 Å². The van der Waals surface area contributed by atoms with E-state index in [0.717, 1.165) is 32.2 Å². The molecule has 0 spiro atoms. The van der Waals surface area contributed by atoms with Crippen LogP contribution < -0.4 is 5.32 Å². The minimum Gasteiger partial charge on any atom is -0.396 e. The first kappa shape index (κ1) is 11.9. The Morgan fingerprint density at radius 1 is 1.56 bits per heavy atom. The molecule has 0 aromatic rings. The van der Waals surface area contributed by atoms with Crippen molar-refractivity contribution >= 4 is 5.91 Å². The second kappa shape index (κ2) is 4.72. The van der Waals surface area contributed by atoms with E-state index in [1.807, 2.05) is 6.92 Å². The van der Waals surface area contributed by atoms with Gasteiger partial charge in [0.1, 0.15) is 0 Å². The number of amides is 1. The van der Waals surface area contributed by atoms with Crippen LogP contribution in [-0.4, -0.2) is 36.9 Å². The average Bonchev–Trinajstić information content (AvgIpc) is 2.89. The fraction of sp³-hybridized carbons (Fsp3) is 0.917. The van der Waals surface area contributed by atoms with Crippen LogP contribution in [0.2, 0.25) is 0 Å². The standard InChI is InChI=1S/C12H21NO3/c1-9-10(2-7-16-9)11(15)13-8-12(3-4-12)5-6-14/h9-10,14H,2-8H2,1H3,(H,13,15). The summed E-state index contributed by atoms with van der Waals surface area (Å²) in [5.41, 5.74) is 0.201. The Bertz CT molecular complexity index is 263. The lowest BCUT2D eigenvalue weighted by molar-refractivity contribution is -0.126. The van der Waals surface area contributed by atoms with Gasteiger partial charge in [-0.2, -0.15) is 0 Å². The molecule has 2 fully saturated rings. The Balaban J connectivity index is 1.75. The van der Waals surface area contributed by atoms with Gasteiger partial charge in [0.15, 0.2) is 0 Å². The van der Waals surface area contributed by atoms with Crippen molar-refractivity contribution in [1.29, 1.82) is 0 Å². The minimum absolute atomic E-state index is 0.0185. The monoisotopic (exact) mass is 227 g/mol. The van der Waals surface area contributed by atoms with Crippen molar-refractivity contribution in [3.8, 4) is 0 Å². The summed E-state index contributed by atoms with van der Waals surface area (Å²) in [5, 5.41) is 11.9. The van der Waals surface area contributed by atoms with Gasteiger partial charge in [-0.1, -0.05) is 0 Å². The van der Waals surface area contributed by atoms with Crippen LogP contribution in [0.5, 0.6) is 0 Å². The van der Waals surface area contributed by atoms with Gasteiger partial charge < -0.3 is 15.2 Å². The molecule has 16 heavy (non-hydrogen) atoms. The van der Waals surface area contributed by atoms with Crippen molar-refractivity contribution in [3.05, 3.63) is 0 Å². The summed E-state index contributed by atoms with van der Waals surface area (Å²) >= 11 is 0. The number of aliphatic hydroxyl groups is 1. The first-order valence-electron chi connectivity index (χ1n) is 6.17. The van der Waals surface area contributed by atoms with Crippen LogP contribution >= 0.6 is 0 Å². The zero-order valence-electron chi connectivity index (χ0n) is 9.87. The Labute approximate surface area is 96.4 Å². The number of hydrogen-bond acceptors (Lipinski definition) is 3. The van der Waals surface area contributed by atoms with Crippen LogP contribution in [0.3, 0.4) is 0 Å². The van der Waals surface area contributed by atoms with Crippen LogP contribution in [0.4, 0.5) is 0 Å². The molecule has 1 aliphatic heterocycles. The van der Waals surface area contributed by atoms with E-state index in [1.165, 1.54) is 0 Å². The minimum atomic E-state index is 0.0185. The largest absolute Gasteiger partial charge is 0.396 e. The van der Waals surface area contributed by atoms with E-state index in [4.69, 9.17) is 9.84 Å². The molecule has 2 N–H and O–H groups in total. The molecule has 0 aromatic heterocycles. The van der Waals surface area contributed by atoms with Crippen molar-refractivity contribution in [2.24, 2.45) is 11.3 Å². The molecule has 1 heterocycles. The predicted octanol–water partition coefficient (Wildman–Crippen LogP) is 0.690. The quantitative estimate of drug-likeness (QED) is 0.726. The van der Waals surface area contributed by atoms with Gasteiger partial charge in [0.25, 0.3) is 0 Å². The van der Waals surface area contributed by atoms with Gasteiger partial charge in [0, 0.05) is 19.8 Å². The summed E-state index contributed by atoms with van der Waals surface area (Å²) in [7, 11) is 0. The summed E-state index contributed by atoms with van der Waals surface area (Å²) < 4.78 is 5.38. The van der Waals surface area contributed by atoms with E-state index in [9.17, 15) is 4.79 Å². The average molecular weight is 227 g/mol. The Kier molecular flexibility index (Phi) is 3.50. The number of nitrogens with one attached hydrogen (secondary N) is 1. The van der Waals surface area contributed by atoms with E-state index in [-0.39, 0.29) is 30.0 Å². The van der Waals surface area contributed by atoms with Gasteiger partial charge in [-0.05, 0) is 38.0 Å². The topological polar surface area (TPSA) is 58.6 Å². The fourth-order valence-corrected chi connectivity index (χ4v) is 2.41. The third kappa shape index (κ3) is 2.55. The van der Waals surface area contributed by atoms with Gasteiger partial charge in [-0.25, -0.2) is 0 Å². The molecule has 1 saturated carbocycles. The van der Waals surface area contributed by atoms with Crippen LogP contribution in [0.25, 0.3) is 0 Å². The highest BCUT2D eigenvalue weighted by Gasteiger charge is 2.42. The summed E-state index contributed by atoms with van der Waals surface area (Å²) in [6.07, 6.45) is 3.95. The smallest absolute Gasteiger partial charge is 0.225 e. The van der Waals surface area contributed by atoms with Gasteiger partial charge in [0.05, 0.1) is 12.0 Å². The molecule has 0 aromatic carbocycles. The highest BCUT2D eigenvalue weighted by Crippen LogP contribution is 2.47. The van der Waals surface area contributed by atoms with Gasteiger partial charge in [-0.15, -0.1) is 0 Å². The first-order valence-corrected chi connectivity index (χ1v) is 6.17. The van der Waals surface area contributed by atoms with Gasteiger partial charge in [0.2, 0.25) is 5.91 Å². The normalized spacial score (nSPS) is 31.4. The van der Waals surface area contributed by atoms with Gasteiger partial charge >= 0.3 is 0 Å². The lowest BCUT2D eigenvalue weighted by Crippen LogP contribution is -2.37. The maximum absolute atomic E-state index is 11.9. The number of carbonyl (C=O) groups is 1. The third-order valence-electron chi connectivity index (χ3n) is 3.95. The zero-order chi connectivity index (χ0) is 11.6. The van der Waals surface area contributed by atoms with Crippen molar-refractivity contribution in [1.82, 2.24) is 5.32 Å². The van der Waals surface area contributed by atoms with Crippen LogP contribution in [0, 0.1) is 11.3 Å². The fourth-order valence-electron chi connectivity index (χ4n) is 2.41. The van der Waals surface area contributed by atoms with E-state index in [2.05, 4.69) is 5.32 Å². The molecule has 2 rings (SSSR count). The summed E-state index contributed by atoms with van der Waals surface area (Å²) in [4.78, 5) is 11.9. The van der Waals surface area contributed by atoms with Gasteiger partial charge in [-0.3, -0.25) is 4.79 Å². The number of hydrogen-bond donors (Lipinski definition) is 2. The molecular weight excluding hydrogens is 206 g/mol. The molecule has 1 amide bonds. The maximum Gasteiger partial charge on any atom is 0.225 e. The van der Waals surface area contributed by atoms with Crippen LogP contribution in [0.15, 0.2) is 0 Å². The molecule has 92 valence electrons. The number of aliphatic hydroxyl groups excluding tert-OH is 1. The van der Waals surface area contributed by atoms with Crippen molar-refractivity contribution in [2.45, 2.75) is 38.7 Å². The summed E-state index contributed by atoms with van der Waals surface area (Å²) in [6.45, 7) is 3.59. The second-order valence-electron chi connectivity index (χ2n) is 5.16. The Morgan fingerprint density at radius 2 is 2.31 bits per heavy atom. The lowest BCUT2D eigenvalue weighted by atomic mass is 9.99. The molecule has 2 unspecified atom stereocenters. The lowest BCUT2D eigenvalue weighted by Gasteiger charge is -2.18. The maximum atomic E-state index is 11.9. The molecule has 4 heteroatoms. The van der Waals surface area contributed by atoms with E-state index in [1.54, 1.807) is 0 Å². The molecule has 1 saturated heterocycles. The van der Waals surface area contributed by atoms with E-state index < -0.39 is 0 Å². The van der Waals surface area contributed by atoms with Crippen molar-refractivity contribution in [2.75, 3.05) is 19.8 Å². The Hall–Kier alpha value is -0.610. The Morgan fingerprint density at radius 3 is 2.81 bits per heavy atom. The van der Waals surface area contributed by atoms with E-state index in [0.29, 0.717) is 6.61 Å². The molecule has 4 nitrogen and oxygen atoms in total. The SMILES string of the molecule is CC1OCCC1C(=O)NCC1(CCO)CC1. The second-order valence-corrected chi connectivity index (χ2v) is 5.16. The molecule has 2 aliphatic rings. The highest BCUT2D eigenvalue weighted by molar-refractivity contribution is 5.79. The molecule has 1 aliphatic carbocycles. The molecule has 0 radical (unpaired) electrons. The predicted molar refractivity (Wildman–Crippen MR) is 59.9 cm³/mol. The number of carbonyl (C=O) groups excluding carboxylic acids is 1. The molecular formula is C12H21NO3. The number of ether oxygens (including phenoxy) is 1. The zero-order valence-corrected chi connectivity index (χ0v) is 9.87. The molecule has 2 atom stereocenters. The first-order chi connectivity index (χ1) is 7.67. The third-order valence-corrected chi connectivity index (χ3v) is 3.95. The highest BCUT2D eigenvalue weighted by atomic mass is 16.5. The van der Waals surface area contributed by atoms with Crippen LogP contribution in [0.1, 0.15) is 32.6 Å². The summed E-state index contributed by atoms with van der Waals surface area (Å²) in [6, 6.07) is 0. The molecule has 0 bridgehead atoms. The summed E-state index contributed by atoms with van der Waals surface area (Å²) in [5.74, 6) is 0.138. The van der Waals surface area contributed by atoms with Crippen LogP contribution in [-0.2, 0) is 9.53 Å². The van der Waals surface area contributed by atoms with Crippen molar-refractivity contribution < 1.29 is 14.6 Å². The van der Waals surface area contributed by atoms with E-state index >= 15 is 0 Å². The number of rotatable bonds is 5.